The van der Waals surface area contributed by atoms with Gasteiger partial charge in [-0.3, -0.25) is 5.43 Å². The van der Waals surface area contributed by atoms with E-state index in [4.69, 9.17) is 11.6 Å². The Kier molecular flexibility index (Phi) is 4.17. The van der Waals surface area contributed by atoms with Gasteiger partial charge in [0.1, 0.15) is 16.7 Å². The van der Waals surface area contributed by atoms with E-state index in [0.717, 1.165) is 4.47 Å². The quantitative estimate of drug-likeness (QED) is 0.514. The van der Waals surface area contributed by atoms with E-state index >= 15 is 0 Å². The number of pyridine rings is 1. The average Bonchev–Trinajstić information content (AvgIpc) is 2.34. The first kappa shape index (κ1) is 12.9. The van der Waals surface area contributed by atoms with Crippen LogP contribution in [-0.2, 0) is 0 Å². The van der Waals surface area contributed by atoms with Crippen LogP contribution in [0, 0.1) is 0 Å². The molecule has 0 amide bonds. The van der Waals surface area contributed by atoms with Crippen LogP contribution in [0.3, 0.4) is 0 Å². The van der Waals surface area contributed by atoms with Crippen molar-refractivity contribution in [1.29, 1.82) is 0 Å². The lowest BCUT2D eigenvalue weighted by molar-refractivity contribution is 0.474. The van der Waals surface area contributed by atoms with Crippen LogP contribution in [0.15, 0.2) is 46.0 Å². The number of nitrogens with zero attached hydrogens (tertiary/aromatic N) is 2. The molecule has 1 aromatic heterocycles. The van der Waals surface area contributed by atoms with Gasteiger partial charge in [0.25, 0.3) is 0 Å². The van der Waals surface area contributed by atoms with Gasteiger partial charge in [-0.2, -0.15) is 5.10 Å². The summed E-state index contributed by atoms with van der Waals surface area (Å²) < 4.78 is 0.864. The molecule has 0 bridgehead atoms. The molecule has 0 radical (unpaired) electrons. The molecule has 2 N–H and O–H groups in total. The van der Waals surface area contributed by atoms with Crippen LogP contribution in [0.25, 0.3) is 0 Å². The van der Waals surface area contributed by atoms with Gasteiger partial charge in [-0.1, -0.05) is 33.6 Å². The minimum absolute atomic E-state index is 0.155. The van der Waals surface area contributed by atoms with E-state index < -0.39 is 0 Å². The minimum atomic E-state index is 0.155. The van der Waals surface area contributed by atoms with Crippen LogP contribution < -0.4 is 5.43 Å². The third-order valence-electron chi connectivity index (χ3n) is 2.09. The summed E-state index contributed by atoms with van der Waals surface area (Å²) in [6, 6.07) is 10.3. The van der Waals surface area contributed by atoms with Crippen LogP contribution in [0.4, 0.5) is 5.82 Å². The summed E-state index contributed by atoms with van der Waals surface area (Å²) in [7, 11) is 0. The summed E-state index contributed by atoms with van der Waals surface area (Å²) in [5.74, 6) is 0.691. The highest BCUT2D eigenvalue weighted by molar-refractivity contribution is 9.10. The molecule has 92 valence electrons. The van der Waals surface area contributed by atoms with E-state index in [2.05, 4.69) is 31.4 Å². The zero-order valence-corrected chi connectivity index (χ0v) is 11.5. The largest absolute Gasteiger partial charge is 0.507 e. The van der Waals surface area contributed by atoms with Crippen LogP contribution in [0.2, 0.25) is 5.15 Å². The smallest absolute Gasteiger partial charge is 0.147 e. The third kappa shape index (κ3) is 3.45. The summed E-state index contributed by atoms with van der Waals surface area (Å²) in [5, 5.41) is 14.0. The highest BCUT2D eigenvalue weighted by Gasteiger charge is 1.98. The summed E-state index contributed by atoms with van der Waals surface area (Å²) in [4.78, 5) is 4.01. The molecule has 0 fully saturated rings. The lowest BCUT2D eigenvalue weighted by Gasteiger charge is -2.01. The highest BCUT2D eigenvalue weighted by Crippen LogP contribution is 2.20. The fourth-order valence-corrected chi connectivity index (χ4v) is 1.81. The number of rotatable bonds is 3. The number of aromatic hydroxyl groups is 1. The predicted molar refractivity (Wildman–Crippen MR) is 76.3 cm³/mol. The number of hydrogen-bond acceptors (Lipinski definition) is 4. The van der Waals surface area contributed by atoms with Gasteiger partial charge in [-0.25, -0.2) is 4.98 Å². The molecule has 2 aromatic rings. The van der Waals surface area contributed by atoms with Crippen LogP contribution >= 0.6 is 27.5 Å². The van der Waals surface area contributed by atoms with E-state index in [1.54, 1.807) is 36.4 Å². The monoisotopic (exact) mass is 325 g/mol. The van der Waals surface area contributed by atoms with Crippen molar-refractivity contribution >= 4 is 39.6 Å². The Morgan fingerprint density at radius 1 is 1.33 bits per heavy atom. The standard InChI is InChI=1S/C12H9BrClN3O/c13-9-4-5-10(18)8(6-9)7-15-17-12-3-1-2-11(14)16-12/h1-7,18H,(H,16,17)/b15-7+. The van der Waals surface area contributed by atoms with Crippen molar-refractivity contribution in [3.8, 4) is 5.75 Å². The molecule has 0 aliphatic heterocycles. The fraction of sp³-hybridized carbons (Fsp3) is 0. The second kappa shape index (κ2) is 5.84. The Bertz CT molecular complexity index is 589. The molecule has 0 saturated carbocycles. The molecule has 2 rings (SSSR count). The number of anilines is 1. The summed E-state index contributed by atoms with van der Waals surface area (Å²) in [6.07, 6.45) is 1.50. The number of benzene rings is 1. The van der Waals surface area contributed by atoms with Crippen molar-refractivity contribution in [2.75, 3.05) is 5.43 Å². The van der Waals surface area contributed by atoms with Crippen molar-refractivity contribution < 1.29 is 5.11 Å². The number of halogens is 2. The summed E-state index contributed by atoms with van der Waals surface area (Å²) >= 11 is 9.06. The van der Waals surface area contributed by atoms with Gasteiger partial charge in [-0.15, -0.1) is 0 Å². The molecule has 0 spiro atoms. The van der Waals surface area contributed by atoms with Gasteiger partial charge in [0, 0.05) is 10.0 Å². The molecule has 4 nitrogen and oxygen atoms in total. The molecular formula is C12H9BrClN3O. The third-order valence-corrected chi connectivity index (χ3v) is 2.79. The Hall–Kier alpha value is -1.59. The van der Waals surface area contributed by atoms with Crippen LogP contribution in [-0.4, -0.2) is 16.3 Å². The topological polar surface area (TPSA) is 57.5 Å². The minimum Gasteiger partial charge on any atom is -0.507 e. The Balaban J connectivity index is 2.10. The first-order valence-corrected chi connectivity index (χ1v) is 6.22. The van der Waals surface area contributed by atoms with Gasteiger partial charge >= 0.3 is 0 Å². The van der Waals surface area contributed by atoms with Gasteiger partial charge in [0.2, 0.25) is 0 Å². The average molecular weight is 327 g/mol. The number of hydrogen-bond donors (Lipinski definition) is 2. The van der Waals surface area contributed by atoms with Crippen molar-refractivity contribution in [2.24, 2.45) is 5.10 Å². The maximum Gasteiger partial charge on any atom is 0.147 e. The Labute approximate surface area is 117 Å². The molecule has 0 saturated heterocycles. The van der Waals surface area contributed by atoms with E-state index in [1.165, 1.54) is 6.21 Å². The summed E-state index contributed by atoms with van der Waals surface area (Å²) in [5.41, 5.74) is 3.32. The predicted octanol–water partition coefficient (Wildman–Crippen LogP) is 3.65. The molecular weight excluding hydrogens is 318 g/mol. The molecule has 1 heterocycles. The number of phenolic OH excluding ortho intramolecular Hbond substituents is 1. The van der Waals surface area contributed by atoms with Crippen molar-refractivity contribution in [2.45, 2.75) is 0 Å². The zero-order chi connectivity index (χ0) is 13.0. The van der Waals surface area contributed by atoms with E-state index in [-0.39, 0.29) is 5.75 Å². The lowest BCUT2D eigenvalue weighted by atomic mass is 10.2. The fourth-order valence-electron chi connectivity index (χ4n) is 1.27. The molecule has 0 atom stereocenters. The summed E-state index contributed by atoms with van der Waals surface area (Å²) in [6.45, 7) is 0. The van der Waals surface area contributed by atoms with E-state index in [1.807, 2.05) is 0 Å². The Morgan fingerprint density at radius 3 is 2.94 bits per heavy atom. The van der Waals surface area contributed by atoms with Crippen LogP contribution in [0.5, 0.6) is 5.75 Å². The first-order chi connectivity index (χ1) is 8.65. The van der Waals surface area contributed by atoms with Crippen molar-refractivity contribution in [3.63, 3.8) is 0 Å². The SMILES string of the molecule is Oc1ccc(Br)cc1/C=N/Nc1cccc(Cl)n1. The normalized spacial score (nSPS) is 10.8. The van der Waals surface area contributed by atoms with Crippen molar-refractivity contribution in [1.82, 2.24) is 4.98 Å². The number of hydrazone groups is 1. The molecule has 6 heteroatoms. The van der Waals surface area contributed by atoms with Crippen molar-refractivity contribution in [3.05, 3.63) is 51.6 Å². The van der Waals surface area contributed by atoms with Gasteiger partial charge < -0.3 is 5.11 Å². The van der Waals surface area contributed by atoms with E-state index in [0.29, 0.717) is 16.5 Å². The maximum atomic E-state index is 9.60. The highest BCUT2D eigenvalue weighted by atomic mass is 79.9. The number of nitrogens with one attached hydrogen (secondary N) is 1. The van der Waals surface area contributed by atoms with Crippen LogP contribution in [0.1, 0.15) is 5.56 Å². The van der Waals surface area contributed by atoms with E-state index in [9.17, 15) is 5.11 Å². The Morgan fingerprint density at radius 2 is 2.17 bits per heavy atom. The molecule has 1 aromatic carbocycles. The maximum absolute atomic E-state index is 9.60. The van der Waals surface area contributed by atoms with Gasteiger partial charge in [0.15, 0.2) is 0 Å². The molecule has 0 aliphatic carbocycles. The molecule has 0 unspecified atom stereocenters. The lowest BCUT2D eigenvalue weighted by Crippen LogP contribution is -1.93. The molecule has 18 heavy (non-hydrogen) atoms. The second-order valence-corrected chi connectivity index (χ2v) is 4.72. The zero-order valence-electron chi connectivity index (χ0n) is 9.14. The second-order valence-electron chi connectivity index (χ2n) is 3.42. The first-order valence-electron chi connectivity index (χ1n) is 5.05. The number of phenols is 1. The number of aromatic nitrogens is 1. The molecule has 0 aliphatic rings. The van der Waals surface area contributed by atoms with Gasteiger partial charge in [-0.05, 0) is 30.3 Å². The van der Waals surface area contributed by atoms with Gasteiger partial charge in [0.05, 0.1) is 6.21 Å².